The smallest absolute Gasteiger partial charge is 0.137 e. The highest BCUT2D eigenvalue weighted by Crippen LogP contribution is 2.22. The molecular formula is C12H15BrFN. The molecule has 0 bridgehead atoms. The van der Waals surface area contributed by atoms with Gasteiger partial charge < -0.3 is 0 Å². The molecule has 0 aromatic heterocycles. The summed E-state index contributed by atoms with van der Waals surface area (Å²) in [6, 6.07) is 5.93. The van der Waals surface area contributed by atoms with E-state index < -0.39 is 0 Å². The second kappa shape index (κ2) is 4.62. The zero-order valence-corrected chi connectivity index (χ0v) is 10.4. The summed E-state index contributed by atoms with van der Waals surface area (Å²) in [5.74, 6) is -0.187. The molecule has 15 heavy (non-hydrogen) atoms. The van der Waals surface area contributed by atoms with E-state index in [-0.39, 0.29) is 5.82 Å². The zero-order valence-electron chi connectivity index (χ0n) is 8.84. The van der Waals surface area contributed by atoms with Gasteiger partial charge in [-0.2, -0.15) is 0 Å². The minimum absolute atomic E-state index is 0.187. The lowest BCUT2D eigenvalue weighted by molar-refractivity contribution is 0.260. The largest absolute Gasteiger partial charge is 0.296 e. The lowest BCUT2D eigenvalue weighted by Gasteiger charge is -2.20. The van der Waals surface area contributed by atoms with Crippen LogP contribution in [0.5, 0.6) is 0 Å². The van der Waals surface area contributed by atoms with Crippen molar-refractivity contribution in [2.45, 2.75) is 32.4 Å². The average Bonchev–Trinajstić information content (AvgIpc) is 2.59. The molecule has 1 nitrogen and oxygen atoms in total. The number of nitrogens with zero attached hydrogens (tertiary/aromatic N) is 1. The van der Waals surface area contributed by atoms with Gasteiger partial charge in [-0.15, -0.1) is 0 Å². The van der Waals surface area contributed by atoms with Crippen LogP contribution in [0.1, 0.15) is 25.3 Å². The second-order valence-corrected chi connectivity index (χ2v) is 5.06. The van der Waals surface area contributed by atoms with Gasteiger partial charge in [0.1, 0.15) is 5.82 Å². The Morgan fingerprint density at radius 2 is 2.33 bits per heavy atom. The van der Waals surface area contributed by atoms with Crippen molar-refractivity contribution in [3.05, 3.63) is 34.1 Å². The molecule has 2 rings (SSSR count). The maximum atomic E-state index is 13.0. The Morgan fingerprint density at radius 1 is 1.53 bits per heavy atom. The van der Waals surface area contributed by atoms with Crippen molar-refractivity contribution in [2.24, 2.45) is 0 Å². The topological polar surface area (TPSA) is 3.24 Å². The fraction of sp³-hybridized carbons (Fsp3) is 0.500. The maximum Gasteiger partial charge on any atom is 0.137 e. The Bertz CT molecular complexity index is 353. The minimum atomic E-state index is -0.187. The minimum Gasteiger partial charge on any atom is -0.296 e. The third kappa shape index (κ3) is 2.58. The van der Waals surface area contributed by atoms with Crippen LogP contribution in [-0.2, 0) is 6.54 Å². The van der Waals surface area contributed by atoms with Crippen molar-refractivity contribution in [1.82, 2.24) is 4.90 Å². The van der Waals surface area contributed by atoms with Crippen LogP contribution in [0.4, 0.5) is 4.39 Å². The molecule has 1 aromatic rings. The molecule has 0 saturated carbocycles. The summed E-state index contributed by atoms with van der Waals surface area (Å²) >= 11 is 3.22. The van der Waals surface area contributed by atoms with Crippen molar-refractivity contribution in [3.8, 4) is 0 Å². The molecule has 1 saturated heterocycles. The van der Waals surface area contributed by atoms with Crippen molar-refractivity contribution in [2.75, 3.05) is 6.54 Å². The SMILES string of the molecule is CC1CCCN1Cc1ccc(F)c(Br)c1. The number of likely N-dealkylation sites (tertiary alicyclic amines) is 1. The lowest BCUT2D eigenvalue weighted by atomic mass is 10.2. The zero-order chi connectivity index (χ0) is 10.8. The highest BCUT2D eigenvalue weighted by Gasteiger charge is 2.20. The predicted molar refractivity (Wildman–Crippen MR) is 63.2 cm³/mol. The van der Waals surface area contributed by atoms with Gasteiger partial charge in [0.05, 0.1) is 4.47 Å². The summed E-state index contributed by atoms with van der Waals surface area (Å²) < 4.78 is 13.6. The monoisotopic (exact) mass is 271 g/mol. The molecule has 1 heterocycles. The number of rotatable bonds is 2. The predicted octanol–water partition coefficient (Wildman–Crippen LogP) is 3.57. The molecular weight excluding hydrogens is 257 g/mol. The number of halogens is 2. The van der Waals surface area contributed by atoms with Crippen molar-refractivity contribution in [1.29, 1.82) is 0 Å². The molecule has 0 radical (unpaired) electrons. The molecule has 1 unspecified atom stereocenters. The van der Waals surface area contributed by atoms with Gasteiger partial charge in [-0.05, 0) is 59.9 Å². The normalized spacial score (nSPS) is 22.2. The Hall–Kier alpha value is -0.410. The fourth-order valence-corrected chi connectivity index (χ4v) is 2.53. The molecule has 0 spiro atoms. The first kappa shape index (κ1) is 11.1. The molecule has 0 amide bonds. The van der Waals surface area contributed by atoms with Crippen LogP contribution < -0.4 is 0 Å². The van der Waals surface area contributed by atoms with Gasteiger partial charge in [-0.3, -0.25) is 4.90 Å². The highest BCUT2D eigenvalue weighted by atomic mass is 79.9. The van der Waals surface area contributed by atoms with E-state index in [1.54, 1.807) is 0 Å². The molecule has 1 aromatic carbocycles. The average molecular weight is 272 g/mol. The van der Waals surface area contributed by atoms with E-state index in [9.17, 15) is 4.39 Å². The Balaban J connectivity index is 2.07. The van der Waals surface area contributed by atoms with Crippen LogP contribution in [0.25, 0.3) is 0 Å². The first-order valence-corrected chi connectivity index (χ1v) is 6.14. The van der Waals surface area contributed by atoms with Gasteiger partial charge in [0.25, 0.3) is 0 Å². The van der Waals surface area contributed by atoms with Crippen LogP contribution in [0.2, 0.25) is 0 Å². The van der Waals surface area contributed by atoms with Gasteiger partial charge >= 0.3 is 0 Å². The summed E-state index contributed by atoms with van der Waals surface area (Å²) in [5, 5.41) is 0. The first-order chi connectivity index (χ1) is 7.16. The van der Waals surface area contributed by atoms with Crippen LogP contribution in [0.3, 0.4) is 0 Å². The standard InChI is InChI=1S/C12H15BrFN/c1-9-3-2-6-15(9)8-10-4-5-12(14)11(13)7-10/h4-5,7,9H,2-3,6,8H2,1H3. The van der Waals surface area contributed by atoms with Crippen molar-refractivity contribution < 1.29 is 4.39 Å². The van der Waals surface area contributed by atoms with E-state index in [0.29, 0.717) is 10.5 Å². The van der Waals surface area contributed by atoms with Gasteiger partial charge in [0.15, 0.2) is 0 Å². The van der Waals surface area contributed by atoms with Gasteiger partial charge in [-0.1, -0.05) is 6.07 Å². The molecule has 1 fully saturated rings. The molecule has 3 heteroatoms. The molecule has 82 valence electrons. The molecule has 0 aliphatic carbocycles. The van der Waals surface area contributed by atoms with Crippen LogP contribution in [0, 0.1) is 5.82 Å². The Labute approximate surface area is 98.4 Å². The van der Waals surface area contributed by atoms with E-state index in [4.69, 9.17) is 0 Å². The second-order valence-electron chi connectivity index (χ2n) is 4.21. The molecule has 1 atom stereocenters. The summed E-state index contributed by atoms with van der Waals surface area (Å²) in [6.07, 6.45) is 2.56. The van der Waals surface area contributed by atoms with Gasteiger partial charge in [0, 0.05) is 12.6 Å². The van der Waals surface area contributed by atoms with E-state index in [2.05, 4.69) is 27.8 Å². The summed E-state index contributed by atoms with van der Waals surface area (Å²) in [4.78, 5) is 2.44. The first-order valence-electron chi connectivity index (χ1n) is 5.35. The molecule has 1 aliphatic rings. The summed E-state index contributed by atoms with van der Waals surface area (Å²) in [6.45, 7) is 4.35. The third-order valence-electron chi connectivity index (χ3n) is 3.06. The quantitative estimate of drug-likeness (QED) is 0.795. The Morgan fingerprint density at radius 3 is 2.93 bits per heavy atom. The van der Waals surface area contributed by atoms with Crippen molar-refractivity contribution >= 4 is 15.9 Å². The van der Waals surface area contributed by atoms with Crippen molar-refractivity contribution in [3.63, 3.8) is 0 Å². The highest BCUT2D eigenvalue weighted by molar-refractivity contribution is 9.10. The lowest BCUT2D eigenvalue weighted by Crippen LogP contribution is -2.26. The van der Waals surface area contributed by atoms with Crippen LogP contribution in [-0.4, -0.2) is 17.5 Å². The molecule has 1 aliphatic heterocycles. The van der Waals surface area contributed by atoms with Crippen LogP contribution >= 0.6 is 15.9 Å². The maximum absolute atomic E-state index is 13.0. The number of hydrogen-bond acceptors (Lipinski definition) is 1. The number of benzene rings is 1. The fourth-order valence-electron chi connectivity index (χ4n) is 2.10. The van der Waals surface area contributed by atoms with E-state index in [0.717, 1.165) is 13.1 Å². The van der Waals surface area contributed by atoms with E-state index in [1.165, 1.54) is 24.5 Å². The summed E-state index contributed by atoms with van der Waals surface area (Å²) in [5.41, 5.74) is 1.18. The van der Waals surface area contributed by atoms with Gasteiger partial charge in [-0.25, -0.2) is 4.39 Å². The molecule has 0 N–H and O–H groups in total. The number of hydrogen-bond donors (Lipinski definition) is 0. The van der Waals surface area contributed by atoms with E-state index in [1.807, 2.05) is 12.1 Å². The third-order valence-corrected chi connectivity index (χ3v) is 3.67. The van der Waals surface area contributed by atoms with Crippen LogP contribution in [0.15, 0.2) is 22.7 Å². The van der Waals surface area contributed by atoms with E-state index >= 15 is 0 Å². The van der Waals surface area contributed by atoms with Gasteiger partial charge in [0.2, 0.25) is 0 Å². The Kier molecular flexibility index (Phi) is 3.42. The summed E-state index contributed by atoms with van der Waals surface area (Å²) in [7, 11) is 0.